The lowest BCUT2D eigenvalue weighted by Crippen LogP contribution is -2.41. The quantitative estimate of drug-likeness (QED) is 0.845. The Morgan fingerprint density at radius 1 is 1.25 bits per heavy atom. The third-order valence-electron chi connectivity index (χ3n) is 4.01. The van der Waals surface area contributed by atoms with E-state index in [0.29, 0.717) is 19.0 Å². The summed E-state index contributed by atoms with van der Waals surface area (Å²) in [6.45, 7) is 11.1. The van der Waals surface area contributed by atoms with Crippen LogP contribution in [-0.2, 0) is 20.7 Å². The number of ether oxygens (including phenoxy) is 1. The van der Waals surface area contributed by atoms with Gasteiger partial charge in [-0.2, -0.15) is 0 Å². The molecular formula is C14H23BN2O3. The van der Waals surface area contributed by atoms with Crippen LogP contribution >= 0.6 is 0 Å². The lowest BCUT2D eigenvalue weighted by molar-refractivity contribution is 0.00578. The van der Waals surface area contributed by atoms with E-state index in [1.807, 2.05) is 40.7 Å². The second-order valence-electron chi connectivity index (χ2n) is 6.04. The molecule has 0 aromatic carbocycles. The maximum atomic E-state index is 6.01. The third kappa shape index (κ3) is 2.82. The first kappa shape index (κ1) is 15.3. The fourth-order valence-electron chi connectivity index (χ4n) is 1.98. The Hall–Kier alpha value is -1.11. The molecule has 1 fully saturated rings. The van der Waals surface area contributed by atoms with Gasteiger partial charge in [0.25, 0.3) is 0 Å². The van der Waals surface area contributed by atoms with Gasteiger partial charge in [0, 0.05) is 23.8 Å². The number of rotatable bonds is 4. The van der Waals surface area contributed by atoms with Crippen LogP contribution in [0.3, 0.4) is 0 Å². The summed E-state index contributed by atoms with van der Waals surface area (Å²) in [5.74, 6) is 0.485. The van der Waals surface area contributed by atoms with Crippen molar-refractivity contribution in [1.29, 1.82) is 0 Å². The van der Waals surface area contributed by atoms with Crippen LogP contribution < -0.4 is 11.2 Å². The van der Waals surface area contributed by atoms with Crippen LogP contribution in [0.4, 0.5) is 5.82 Å². The van der Waals surface area contributed by atoms with E-state index in [2.05, 4.69) is 4.98 Å². The van der Waals surface area contributed by atoms with Gasteiger partial charge in [-0.1, -0.05) is 6.07 Å². The van der Waals surface area contributed by atoms with Crippen molar-refractivity contribution in [2.75, 3.05) is 12.3 Å². The van der Waals surface area contributed by atoms with E-state index < -0.39 is 7.12 Å². The summed E-state index contributed by atoms with van der Waals surface area (Å²) in [6, 6.07) is 1.94. The minimum atomic E-state index is -0.423. The van der Waals surface area contributed by atoms with Crippen molar-refractivity contribution >= 4 is 18.4 Å². The van der Waals surface area contributed by atoms with Crippen LogP contribution in [0, 0.1) is 0 Å². The first-order chi connectivity index (χ1) is 9.27. The zero-order valence-corrected chi connectivity index (χ0v) is 12.9. The largest absolute Gasteiger partial charge is 0.496 e. The molecule has 0 aliphatic carbocycles. The molecule has 2 rings (SSSR count). The number of hydrogen-bond acceptors (Lipinski definition) is 5. The second kappa shape index (κ2) is 5.35. The highest BCUT2D eigenvalue weighted by Crippen LogP contribution is 2.36. The molecule has 2 heterocycles. The number of nitrogen functional groups attached to an aromatic ring is 1. The normalized spacial score (nSPS) is 20.4. The van der Waals surface area contributed by atoms with Crippen molar-refractivity contribution in [3.8, 4) is 0 Å². The SMILES string of the molecule is CCOCc1cc(B2OC(C)(C)C(C)(C)O2)cnc1N. The number of aromatic nitrogens is 1. The molecule has 1 saturated heterocycles. The van der Waals surface area contributed by atoms with Gasteiger partial charge in [-0.05, 0) is 34.6 Å². The van der Waals surface area contributed by atoms with E-state index in [4.69, 9.17) is 19.8 Å². The maximum Gasteiger partial charge on any atom is 0.496 e. The summed E-state index contributed by atoms with van der Waals surface area (Å²) in [5.41, 5.74) is 6.87. The van der Waals surface area contributed by atoms with E-state index in [1.54, 1.807) is 6.20 Å². The van der Waals surface area contributed by atoms with E-state index in [9.17, 15) is 0 Å². The molecule has 110 valence electrons. The molecular weight excluding hydrogens is 255 g/mol. The average molecular weight is 278 g/mol. The van der Waals surface area contributed by atoms with Gasteiger partial charge in [0.1, 0.15) is 5.82 Å². The summed E-state index contributed by atoms with van der Waals surface area (Å²) >= 11 is 0. The summed E-state index contributed by atoms with van der Waals surface area (Å²) < 4.78 is 17.4. The van der Waals surface area contributed by atoms with E-state index in [0.717, 1.165) is 11.0 Å². The van der Waals surface area contributed by atoms with Gasteiger partial charge in [0.05, 0.1) is 17.8 Å². The number of nitrogens with two attached hydrogens (primary N) is 1. The third-order valence-corrected chi connectivity index (χ3v) is 4.01. The number of hydrogen-bond donors (Lipinski definition) is 1. The summed E-state index contributed by atoms with van der Waals surface area (Å²) in [7, 11) is -0.423. The summed E-state index contributed by atoms with van der Waals surface area (Å²) in [5, 5.41) is 0. The molecule has 0 saturated carbocycles. The predicted octanol–water partition coefficient (Wildman–Crippen LogP) is 1.50. The van der Waals surface area contributed by atoms with Crippen LogP contribution in [0.5, 0.6) is 0 Å². The molecule has 5 nitrogen and oxygen atoms in total. The number of pyridine rings is 1. The molecule has 0 bridgehead atoms. The van der Waals surface area contributed by atoms with Crippen molar-refractivity contribution in [3.63, 3.8) is 0 Å². The fraction of sp³-hybridized carbons (Fsp3) is 0.643. The predicted molar refractivity (Wildman–Crippen MR) is 79.7 cm³/mol. The Kier molecular flexibility index (Phi) is 4.09. The van der Waals surface area contributed by atoms with Crippen molar-refractivity contribution in [3.05, 3.63) is 17.8 Å². The molecule has 1 aliphatic heterocycles. The Bertz CT molecular complexity index is 475. The minimum Gasteiger partial charge on any atom is -0.399 e. The van der Waals surface area contributed by atoms with Gasteiger partial charge >= 0.3 is 7.12 Å². The van der Waals surface area contributed by atoms with Gasteiger partial charge in [-0.25, -0.2) is 4.98 Å². The van der Waals surface area contributed by atoms with Crippen molar-refractivity contribution in [1.82, 2.24) is 4.98 Å². The first-order valence-electron chi connectivity index (χ1n) is 6.94. The zero-order chi connectivity index (χ0) is 15.0. The highest BCUT2D eigenvalue weighted by Gasteiger charge is 2.51. The first-order valence-corrected chi connectivity index (χ1v) is 6.94. The van der Waals surface area contributed by atoms with E-state index >= 15 is 0 Å². The molecule has 2 N–H and O–H groups in total. The molecule has 0 atom stereocenters. The van der Waals surface area contributed by atoms with Crippen molar-refractivity contribution in [2.24, 2.45) is 0 Å². The highest BCUT2D eigenvalue weighted by molar-refractivity contribution is 6.62. The highest BCUT2D eigenvalue weighted by atomic mass is 16.7. The Morgan fingerprint density at radius 3 is 2.40 bits per heavy atom. The topological polar surface area (TPSA) is 66.6 Å². The number of anilines is 1. The molecule has 1 aromatic rings. The van der Waals surface area contributed by atoms with Gasteiger partial charge in [-0.15, -0.1) is 0 Å². The Labute approximate surface area is 121 Å². The smallest absolute Gasteiger partial charge is 0.399 e. The fourth-order valence-corrected chi connectivity index (χ4v) is 1.98. The second-order valence-corrected chi connectivity index (χ2v) is 6.04. The average Bonchev–Trinajstić information content (AvgIpc) is 2.57. The van der Waals surface area contributed by atoms with Crippen LogP contribution in [-0.4, -0.2) is 29.9 Å². The molecule has 0 amide bonds. The standard InChI is InChI=1S/C14H23BN2O3/c1-6-18-9-10-7-11(8-17-12(10)16)15-19-13(2,3)14(4,5)20-15/h7-8H,6,9H2,1-5H3,(H2,16,17). The molecule has 6 heteroatoms. The van der Waals surface area contributed by atoms with Crippen molar-refractivity contribution < 1.29 is 14.0 Å². The van der Waals surface area contributed by atoms with Gasteiger partial charge in [0.15, 0.2) is 0 Å². The van der Waals surface area contributed by atoms with Crippen LogP contribution in [0.25, 0.3) is 0 Å². The monoisotopic (exact) mass is 278 g/mol. The lowest BCUT2D eigenvalue weighted by atomic mass is 9.79. The van der Waals surface area contributed by atoms with E-state index in [1.165, 1.54) is 0 Å². The summed E-state index contributed by atoms with van der Waals surface area (Å²) in [4.78, 5) is 4.21. The Morgan fingerprint density at radius 2 is 1.85 bits per heavy atom. The van der Waals surface area contributed by atoms with Gasteiger partial charge < -0.3 is 19.8 Å². The van der Waals surface area contributed by atoms with Crippen molar-refractivity contribution in [2.45, 2.75) is 52.4 Å². The molecule has 20 heavy (non-hydrogen) atoms. The van der Waals surface area contributed by atoms with Crippen LogP contribution in [0.15, 0.2) is 12.3 Å². The zero-order valence-electron chi connectivity index (χ0n) is 12.9. The lowest BCUT2D eigenvalue weighted by Gasteiger charge is -2.32. The molecule has 0 unspecified atom stereocenters. The minimum absolute atomic E-state index is 0.362. The molecule has 1 aliphatic rings. The Balaban J connectivity index is 2.22. The molecule has 0 radical (unpaired) electrons. The maximum absolute atomic E-state index is 6.01. The van der Waals surface area contributed by atoms with Crippen LogP contribution in [0.1, 0.15) is 40.2 Å². The molecule has 1 aromatic heterocycles. The summed E-state index contributed by atoms with van der Waals surface area (Å²) in [6.07, 6.45) is 1.70. The van der Waals surface area contributed by atoms with Crippen LogP contribution in [0.2, 0.25) is 0 Å². The van der Waals surface area contributed by atoms with Gasteiger partial charge in [-0.3, -0.25) is 0 Å². The molecule has 0 spiro atoms. The van der Waals surface area contributed by atoms with Gasteiger partial charge in [0.2, 0.25) is 0 Å². The van der Waals surface area contributed by atoms with E-state index in [-0.39, 0.29) is 11.2 Å². The number of nitrogens with zero attached hydrogens (tertiary/aromatic N) is 1.